The topological polar surface area (TPSA) is 95.3 Å². The smallest absolute Gasteiger partial charge is 0.274 e. The fourth-order valence-electron chi connectivity index (χ4n) is 2.57. The van der Waals surface area contributed by atoms with Gasteiger partial charge in [0.1, 0.15) is 12.6 Å². The molecule has 0 bridgehead atoms. The van der Waals surface area contributed by atoms with Crippen LogP contribution in [0.1, 0.15) is 33.5 Å². The SMILES string of the molecule is CCn1nc(C)c(C(=O)NC2COc3c(OC)cccc3C2=O)n1. The fraction of sp³-hybridized carbons (Fsp3) is 0.375. The van der Waals surface area contributed by atoms with Crippen LogP contribution >= 0.6 is 0 Å². The molecule has 8 heteroatoms. The molecule has 1 aromatic carbocycles. The van der Waals surface area contributed by atoms with Crippen molar-refractivity contribution in [3.05, 3.63) is 35.2 Å². The second kappa shape index (κ2) is 6.31. The molecule has 126 valence electrons. The van der Waals surface area contributed by atoms with E-state index < -0.39 is 11.9 Å². The number of fused-ring (bicyclic) bond motifs is 1. The number of ether oxygens (including phenoxy) is 2. The maximum Gasteiger partial charge on any atom is 0.274 e. The van der Waals surface area contributed by atoms with Crippen molar-refractivity contribution in [3.63, 3.8) is 0 Å². The number of ketones is 1. The molecular formula is C16H18N4O4. The largest absolute Gasteiger partial charge is 0.493 e. The molecule has 24 heavy (non-hydrogen) atoms. The number of hydrogen-bond acceptors (Lipinski definition) is 6. The van der Waals surface area contributed by atoms with E-state index in [2.05, 4.69) is 15.5 Å². The summed E-state index contributed by atoms with van der Waals surface area (Å²) in [4.78, 5) is 26.4. The van der Waals surface area contributed by atoms with Gasteiger partial charge in [0.15, 0.2) is 23.0 Å². The highest BCUT2D eigenvalue weighted by Gasteiger charge is 2.32. The van der Waals surface area contributed by atoms with E-state index in [0.717, 1.165) is 0 Å². The molecule has 0 fully saturated rings. The number of amides is 1. The summed E-state index contributed by atoms with van der Waals surface area (Å²) in [6, 6.07) is 4.30. The van der Waals surface area contributed by atoms with Crippen LogP contribution in [0.25, 0.3) is 0 Å². The lowest BCUT2D eigenvalue weighted by molar-refractivity contribution is 0.0789. The lowest BCUT2D eigenvalue weighted by Crippen LogP contribution is -2.47. The van der Waals surface area contributed by atoms with Crippen molar-refractivity contribution in [1.29, 1.82) is 0 Å². The minimum atomic E-state index is -0.775. The summed E-state index contributed by atoms with van der Waals surface area (Å²) < 4.78 is 10.8. The van der Waals surface area contributed by atoms with Crippen LogP contribution in [-0.2, 0) is 6.54 Å². The van der Waals surface area contributed by atoms with E-state index in [4.69, 9.17) is 9.47 Å². The zero-order chi connectivity index (χ0) is 17.3. The molecule has 1 unspecified atom stereocenters. The Morgan fingerprint density at radius 2 is 2.25 bits per heavy atom. The molecule has 0 saturated carbocycles. The van der Waals surface area contributed by atoms with Gasteiger partial charge in [-0.2, -0.15) is 9.90 Å². The van der Waals surface area contributed by atoms with Crippen LogP contribution in [-0.4, -0.2) is 46.4 Å². The molecule has 1 aliphatic rings. The average Bonchev–Trinajstić information content (AvgIpc) is 2.98. The number of nitrogens with one attached hydrogen (secondary N) is 1. The van der Waals surface area contributed by atoms with Gasteiger partial charge in [-0.1, -0.05) is 6.07 Å². The number of methoxy groups -OCH3 is 1. The Labute approximate surface area is 138 Å². The van der Waals surface area contributed by atoms with E-state index in [-0.39, 0.29) is 18.1 Å². The highest BCUT2D eigenvalue weighted by Crippen LogP contribution is 2.34. The number of rotatable bonds is 4. The van der Waals surface area contributed by atoms with E-state index in [0.29, 0.717) is 29.3 Å². The number of para-hydroxylation sites is 1. The number of aryl methyl sites for hydroxylation is 2. The maximum absolute atomic E-state index is 12.6. The maximum atomic E-state index is 12.6. The molecule has 1 atom stereocenters. The molecule has 0 saturated heterocycles. The van der Waals surface area contributed by atoms with Crippen LogP contribution in [0.5, 0.6) is 11.5 Å². The van der Waals surface area contributed by atoms with Crippen LogP contribution in [0.15, 0.2) is 18.2 Å². The monoisotopic (exact) mass is 330 g/mol. The van der Waals surface area contributed by atoms with Crippen LogP contribution < -0.4 is 14.8 Å². The Morgan fingerprint density at radius 1 is 1.46 bits per heavy atom. The van der Waals surface area contributed by atoms with Crippen LogP contribution in [0.4, 0.5) is 0 Å². The average molecular weight is 330 g/mol. The minimum Gasteiger partial charge on any atom is -0.493 e. The van der Waals surface area contributed by atoms with Gasteiger partial charge in [0.05, 0.1) is 24.9 Å². The Hall–Kier alpha value is -2.90. The van der Waals surface area contributed by atoms with Gasteiger partial charge in [-0.05, 0) is 26.0 Å². The van der Waals surface area contributed by atoms with Gasteiger partial charge in [0.25, 0.3) is 5.91 Å². The number of carbonyl (C=O) groups is 2. The van der Waals surface area contributed by atoms with Gasteiger partial charge in [-0.3, -0.25) is 9.59 Å². The number of Topliss-reactive ketones (excluding diaryl/α,β-unsaturated/α-hetero) is 1. The molecule has 3 rings (SSSR count). The molecule has 1 aliphatic heterocycles. The lowest BCUT2D eigenvalue weighted by Gasteiger charge is -2.25. The molecule has 2 aromatic rings. The van der Waals surface area contributed by atoms with Crippen molar-refractivity contribution in [1.82, 2.24) is 20.3 Å². The van der Waals surface area contributed by atoms with E-state index in [1.807, 2.05) is 6.92 Å². The summed E-state index contributed by atoms with van der Waals surface area (Å²) in [6.07, 6.45) is 0. The van der Waals surface area contributed by atoms with Crippen LogP contribution in [0.2, 0.25) is 0 Å². The van der Waals surface area contributed by atoms with Gasteiger partial charge in [-0.25, -0.2) is 0 Å². The van der Waals surface area contributed by atoms with Gasteiger partial charge < -0.3 is 14.8 Å². The van der Waals surface area contributed by atoms with Crippen molar-refractivity contribution in [2.24, 2.45) is 0 Å². The quantitative estimate of drug-likeness (QED) is 0.898. The van der Waals surface area contributed by atoms with E-state index in [1.54, 1.807) is 25.1 Å². The molecule has 1 amide bonds. The zero-order valence-electron chi connectivity index (χ0n) is 13.7. The second-order valence-corrected chi connectivity index (χ2v) is 5.36. The summed E-state index contributed by atoms with van der Waals surface area (Å²) in [5, 5.41) is 10.9. The van der Waals surface area contributed by atoms with Gasteiger partial charge in [-0.15, -0.1) is 5.10 Å². The molecule has 1 N–H and O–H groups in total. The first kappa shape index (κ1) is 16.0. The third kappa shape index (κ3) is 2.70. The summed E-state index contributed by atoms with van der Waals surface area (Å²) in [5.41, 5.74) is 1.11. The Bertz CT molecular complexity index is 799. The Kier molecular flexibility index (Phi) is 4.20. The first-order valence-electron chi connectivity index (χ1n) is 7.61. The van der Waals surface area contributed by atoms with E-state index in [9.17, 15) is 9.59 Å². The molecule has 0 aliphatic carbocycles. The van der Waals surface area contributed by atoms with Crippen LogP contribution in [0, 0.1) is 6.92 Å². The normalized spacial score (nSPS) is 16.3. The first-order chi connectivity index (χ1) is 11.5. The highest BCUT2D eigenvalue weighted by molar-refractivity contribution is 6.07. The Balaban J connectivity index is 1.80. The molecule has 2 heterocycles. The van der Waals surface area contributed by atoms with Gasteiger partial charge in [0, 0.05) is 0 Å². The molecule has 0 spiro atoms. The fourth-order valence-corrected chi connectivity index (χ4v) is 2.57. The molecule has 1 aromatic heterocycles. The highest BCUT2D eigenvalue weighted by atomic mass is 16.5. The summed E-state index contributed by atoms with van der Waals surface area (Å²) in [5.74, 6) is 0.237. The third-order valence-corrected chi connectivity index (χ3v) is 3.80. The molecule has 8 nitrogen and oxygen atoms in total. The molecular weight excluding hydrogens is 312 g/mol. The van der Waals surface area contributed by atoms with Crippen molar-refractivity contribution < 1.29 is 19.1 Å². The van der Waals surface area contributed by atoms with E-state index >= 15 is 0 Å². The number of benzene rings is 1. The van der Waals surface area contributed by atoms with Crippen molar-refractivity contribution in [2.75, 3.05) is 13.7 Å². The standard InChI is InChI=1S/C16H18N4O4/c1-4-20-18-9(2)13(19-20)16(22)17-11-8-24-15-10(14(11)21)6-5-7-12(15)23-3/h5-7,11H,4,8H2,1-3H3,(H,17,22). The van der Waals surface area contributed by atoms with E-state index in [1.165, 1.54) is 11.9 Å². The second-order valence-electron chi connectivity index (χ2n) is 5.36. The Morgan fingerprint density at radius 3 is 2.92 bits per heavy atom. The number of nitrogens with zero attached hydrogens (tertiary/aromatic N) is 3. The third-order valence-electron chi connectivity index (χ3n) is 3.80. The van der Waals surface area contributed by atoms with Crippen molar-refractivity contribution in [3.8, 4) is 11.5 Å². The first-order valence-corrected chi connectivity index (χ1v) is 7.61. The molecule has 0 radical (unpaired) electrons. The summed E-state index contributed by atoms with van der Waals surface area (Å²) in [6.45, 7) is 4.18. The summed E-state index contributed by atoms with van der Waals surface area (Å²) >= 11 is 0. The minimum absolute atomic E-state index is 0.0406. The number of hydrogen-bond donors (Lipinski definition) is 1. The van der Waals surface area contributed by atoms with Crippen molar-refractivity contribution >= 4 is 11.7 Å². The van der Waals surface area contributed by atoms with Gasteiger partial charge in [0.2, 0.25) is 0 Å². The number of aromatic nitrogens is 3. The predicted octanol–water partition coefficient (Wildman–Crippen LogP) is 0.989. The predicted molar refractivity (Wildman–Crippen MR) is 84.5 cm³/mol. The zero-order valence-corrected chi connectivity index (χ0v) is 13.7. The summed E-state index contributed by atoms with van der Waals surface area (Å²) in [7, 11) is 1.51. The van der Waals surface area contributed by atoms with Crippen LogP contribution in [0.3, 0.4) is 0 Å². The lowest BCUT2D eigenvalue weighted by atomic mass is 10.0. The van der Waals surface area contributed by atoms with Crippen molar-refractivity contribution in [2.45, 2.75) is 26.4 Å². The van der Waals surface area contributed by atoms with Gasteiger partial charge >= 0.3 is 0 Å². The number of carbonyl (C=O) groups excluding carboxylic acids is 2.